The molecular weight excluding hydrogens is 204 g/mol. The maximum atomic E-state index is 10.6. The number of furan rings is 1. The molecule has 0 spiro atoms. The predicted molar refractivity (Wildman–Crippen MR) is 61.8 cm³/mol. The lowest BCUT2D eigenvalue weighted by Crippen LogP contribution is -1.97. The average Bonchev–Trinajstić information content (AvgIpc) is 2.58. The smallest absolute Gasteiger partial charge is 0.311 e. The molecule has 0 fully saturated rings. The van der Waals surface area contributed by atoms with Crippen LogP contribution in [0.1, 0.15) is 22.5 Å². The van der Waals surface area contributed by atoms with Gasteiger partial charge in [0.15, 0.2) is 0 Å². The van der Waals surface area contributed by atoms with Crippen LogP contribution >= 0.6 is 0 Å². The van der Waals surface area contributed by atoms with Gasteiger partial charge in [-0.05, 0) is 43.5 Å². The minimum atomic E-state index is -0.869. The van der Waals surface area contributed by atoms with Crippen LogP contribution in [0.5, 0.6) is 0 Å². The molecule has 0 aliphatic carbocycles. The predicted octanol–water partition coefficient (Wildman–Crippen LogP) is 2.99. The molecule has 3 heteroatoms. The first-order valence-corrected chi connectivity index (χ1v) is 5.20. The Labute approximate surface area is 93.7 Å². The zero-order valence-electron chi connectivity index (χ0n) is 9.63. The van der Waals surface area contributed by atoms with Crippen LogP contribution in [0.4, 0.5) is 0 Å². The van der Waals surface area contributed by atoms with E-state index in [-0.39, 0.29) is 6.42 Å². The summed E-state index contributed by atoms with van der Waals surface area (Å²) in [7, 11) is 0. The van der Waals surface area contributed by atoms with Gasteiger partial charge in [0, 0.05) is 5.39 Å². The Morgan fingerprint density at radius 2 is 1.94 bits per heavy atom. The molecule has 2 aromatic rings. The van der Waals surface area contributed by atoms with Crippen LogP contribution < -0.4 is 0 Å². The van der Waals surface area contributed by atoms with Gasteiger partial charge in [-0.25, -0.2) is 0 Å². The number of hydrogen-bond acceptors (Lipinski definition) is 2. The van der Waals surface area contributed by atoms with Gasteiger partial charge in [-0.3, -0.25) is 4.79 Å². The quantitative estimate of drug-likeness (QED) is 0.843. The molecule has 0 saturated carbocycles. The van der Waals surface area contributed by atoms with Crippen LogP contribution in [0.2, 0.25) is 0 Å². The van der Waals surface area contributed by atoms with Crippen molar-refractivity contribution < 1.29 is 14.3 Å². The summed E-state index contributed by atoms with van der Waals surface area (Å²) >= 11 is 0. The van der Waals surface area contributed by atoms with E-state index in [1.165, 1.54) is 5.56 Å². The lowest BCUT2D eigenvalue weighted by Gasteiger charge is -2.02. The van der Waals surface area contributed by atoms with Crippen molar-refractivity contribution in [2.24, 2.45) is 0 Å². The van der Waals surface area contributed by atoms with E-state index in [9.17, 15) is 4.79 Å². The summed E-state index contributed by atoms with van der Waals surface area (Å²) in [4.78, 5) is 10.6. The Morgan fingerprint density at radius 3 is 2.56 bits per heavy atom. The Hall–Kier alpha value is -1.77. The Bertz CT molecular complexity index is 564. The number of fused-ring (bicyclic) bond motifs is 1. The maximum absolute atomic E-state index is 10.6. The summed E-state index contributed by atoms with van der Waals surface area (Å²) in [6.07, 6.45) is -0.0629. The first-order valence-electron chi connectivity index (χ1n) is 5.20. The van der Waals surface area contributed by atoms with E-state index in [1.807, 2.05) is 26.8 Å². The third-order valence-electron chi connectivity index (χ3n) is 2.90. The lowest BCUT2D eigenvalue weighted by molar-refractivity contribution is -0.136. The molecule has 1 heterocycles. The van der Waals surface area contributed by atoms with Crippen LogP contribution in [-0.4, -0.2) is 11.1 Å². The van der Waals surface area contributed by atoms with Gasteiger partial charge in [0.2, 0.25) is 0 Å². The summed E-state index contributed by atoms with van der Waals surface area (Å²) in [5, 5.41) is 9.74. The van der Waals surface area contributed by atoms with Gasteiger partial charge in [0.25, 0.3) is 0 Å². The topological polar surface area (TPSA) is 50.4 Å². The standard InChI is InChI=1S/C13H14O3/c1-7-4-8(2)11-5-10(6-12(14)15)16-13(11)9(7)3/h4-5H,6H2,1-3H3,(H,14,15). The molecule has 16 heavy (non-hydrogen) atoms. The molecule has 0 unspecified atom stereocenters. The van der Waals surface area contributed by atoms with E-state index in [0.29, 0.717) is 5.76 Å². The molecule has 2 rings (SSSR count). The van der Waals surface area contributed by atoms with Gasteiger partial charge < -0.3 is 9.52 Å². The summed E-state index contributed by atoms with van der Waals surface area (Å²) in [5.74, 6) is -0.356. The third-order valence-corrected chi connectivity index (χ3v) is 2.90. The zero-order valence-corrected chi connectivity index (χ0v) is 9.63. The Morgan fingerprint density at radius 1 is 1.25 bits per heavy atom. The second-order valence-corrected chi connectivity index (χ2v) is 4.16. The summed E-state index contributed by atoms with van der Waals surface area (Å²) in [5.41, 5.74) is 4.19. The van der Waals surface area contributed by atoms with Crippen LogP contribution in [0, 0.1) is 20.8 Å². The van der Waals surface area contributed by atoms with Crippen molar-refractivity contribution in [1.82, 2.24) is 0 Å². The van der Waals surface area contributed by atoms with Gasteiger partial charge in [0.05, 0.1) is 0 Å². The maximum Gasteiger partial charge on any atom is 0.311 e. The van der Waals surface area contributed by atoms with Crippen LogP contribution in [0.3, 0.4) is 0 Å². The molecule has 0 bridgehead atoms. The molecule has 0 saturated heterocycles. The fraction of sp³-hybridized carbons (Fsp3) is 0.308. The van der Waals surface area contributed by atoms with E-state index in [4.69, 9.17) is 9.52 Å². The highest BCUT2D eigenvalue weighted by Crippen LogP contribution is 2.28. The fourth-order valence-corrected chi connectivity index (χ4v) is 1.94. The van der Waals surface area contributed by atoms with E-state index in [0.717, 1.165) is 22.1 Å². The molecular formula is C13H14O3. The molecule has 3 nitrogen and oxygen atoms in total. The minimum Gasteiger partial charge on any atom is -0.481 e. The van der Waals surface area contributed by atoms with E-state index in [1.54, 1.807) is 0 Å². The Kier molecular flexibility index (Phi) is 2.46. The van der Waals surface area contributed by atoms with Crippen LogP contribution in [0.15, 0.2) is 16.5 Å². The van der Waals surface area contributed by atoms with Crippen molar-refractivity contribution in [1.29, 1.82) is 0 Å². The first kappa shape index (κ1) is 10.7. The van der Waals surface area contributed by atoms with Gasteiger partial charge in [-0.1, -0.05) is 6.07 Å². The van der Waals surface area contributed by atoms with Crippen molar-refractivity contribution in [3.63, 3.8) is 0 Å². The van der Waals surface area contributed by atoms with E-state index < -0.39 is 5.97 Å². The van der Waals surface area contributed by atoms with E-state index >= 15 is 0 Å². The lowest BCUT2D eigenvalue weighted by atomic mass is 10.0. The van der Waals surface area contributed by atoms with E-state index in [2.05, 4.69) is 6.07 Å². The van der Waals surface area contributed by atoms with Gasteiger partial charge in [-0.2, -0.15) is 0 Å². The minimum absolute atomic E-state index is 0.0629. The highest BCUT2D eigenvalue weighted by molar-refractivity contribution is 5.86. The summed E-state index contributed by atoms with van der Waals surface area (Å²) in [6, 6.07) is 3.92. The first-order chi connectivity index (χ1) is 7.49. The Balaban J connectivity index is 2.65. The molecule has 0 aliphatic heterocycles. The number of aliphatic carboxylic acids is 1. The highest BCUT2D eigenvalue weighted by atomic mass is 16.4. The van der Waals surface area contributed by atoms with Crippen LogP contribution in [0.25, 0.3) is 11.0 Å². The molecule has 1 aromatic heterocycles. The number of hydrogen-bond donors (Lipinski definition) is 1. The summed E-state index contributed by atoms with van der Waals surface area (Å²) in [6.45, 7) is 6.03. The molecule has 0 aliphatic rings. The monoisotopic (exact) mass is 218 g/mol. The normalized spacial score (nSPS) is 10.9. The van der Waals surface area contributed by atoms with Crippen LogP contribution in [-0.2, 0) is 11.2 Å². The number of carboxylic acids is 1. The highest BCUT2D eigenvalue weighted by Gasteiger charge is 2.12. The third kappa shape index (κ3) is 1.69. The number of benzene rings is 1. The second kappa shape index (κ2) is 3.67. The molecule has 0 amide bonds. The van der Waals surface area contributed by atoms with Crippen molar-refractivity contribution >= 4 is 16.9 Å². The van der Waals surface area contributed by atoms with Gasteiger partial charge in [0.1, 0.15) is 17.8 Å². The largest absolute Gasteiger partial charge is 0.481 e. The van der Waals surface area contributed by atoms with Crippen molar-refractivity contribution in [3.05, 3.63) is 34.6 Å². The number of carbonyl (C=O) groups is 1. The van der Waals surface area contributed by atoms with Crippen molar-refractivity contribution in [2.75, 3.05) is 0 Å². The molecule has 84 valence electrons. The fourth-order valence-electron chi connectivity index (χ4n) is 1.94. The number of rotatable bonds is 2. The van der Waals surface area contributed by atoms with Gasteiger partial charge in [-0.15, -0.1) is 0 Å². The summed E-state index contributed by atoms with van der Waals surface area (Å²) < 4.78 is 5.59. The SMILES string of the molecule is Cc1cc(C)c2cc(CC(=O)O)oc2c1C. The van der Waals surface area contributed by atoms with Gasteiger partial charge >= 0.3 is 5.97 Å². The number of aryl methyl sites for hydroxylation is 3. The molecule has 0 atom stereocenters. The second-order valence-electron chi connectivity index (χ2n) is 4.16. The molecule has 1 N–H and O–H groups in total. The average molecular weight is 218 g/mol. The van der Waals surface area contributed by atoms with Crippen molar-refractivity contribution in [3.8, 4) is 0 Å². The zero-order chi connectivity index (χ0) is 11.9. The molecule has 1 aromatic carbocycles. The van der Waals surface area contributed by atoms with Crippen molar-refractivity contribution in [2.45, 2.75) is 27.2 Å². The molecule has 0 radical (unpaired) electrons. The number of carboxylic acid groups (broad SMARTS) is 1.